The standard InChI is InChI=1S/C19H20N2/c1-14-9-10-16-18(13-14)20-17-8-4-3-7-15(17)19(16)21-11-5-2-6-12-21/h3-4,7-10,13H,2,5-6,11-12H2,1H3. The summed E-state index contributed by atoms with van der Waals surface area (Å²) in [6.07, 6.45) is 3.95. The summed E-state index contributed by atoms with van der Waals surface area (Å²) in [5.74, 6) is 0. The van der Waals surface area contributed by atoms with Crippen LogP contribution in [-0.2, 0) is 0 Å². The van der Waals surface area contributed by atoms with Gasteiger partial charge in [-0.2, -0.15) is 0 Å². The summed E-state index contributed by atoms with van der Waals surface area (Å²) in [5.41, 5.74) is 4.88. The number of nitrogens with zero attached hydrogens (tertiary/aromatic N) is 2. The minimum atomic E-state index is 1.11. The first-order valence-electron chi connectivity index (χ1n) is 7.87. The largest absolute Gasteiger partial charge is 0.370 e. The third kappa shape index (κ3) is 2.15. The first kappa shape index (κ1) is 12.6. The molecule has 0 bridgehead atoms. The fourth-order valence-corrected chi connectivity index (χ4v) is 3.44. The molecule has 2 nitrogen and oxygen atoms in total. The van der Waals surface area contributed by atoms with Crippen LogP contribution in [0.3, 0.4) is 0 Å². The van der Waals surface area contributed by atoms with E-state index in [1.165, 1.54) is 41.3 Å². The average Bonchev–Trinajstić information content (AvgIpc) is 2.53. The van der Waals surface area contributed by atoms with Crippen LogP contribution in [0.15, 0.2) is 42.5 Å². The van der Waals surface area contributed by atoms with Gasteiger partial charge in [-0.15, -0.1) is 0 Å². The molecule has 1 aromatic heterocycles. The Bertz CT molecular complexity index is 801. The summed E-state index contributed by atoms with van der Waals surface area (Å²) in [6, 6.07) is 15.2. The minimum absolute atomic E-state index is 1.11. The van der Waals surface area contributed by atoms with Crippen molar-refractivity contribution in [1.29, 1.82) is 0 Å². The molecule has 2 heteroatoms. The number of benzene rings is 2. The molecule has 0 atom stereocenters. The van der Waals surface area contributed by atoms with E-state index in [2.05, 4.69) is 54.3 Å². The molecular weight excluding hydrogens is 256 g/mol. The normalized spacial score (nSPS) is 15.8. The molecule has 21 heavy (non-hydrogen) atoms. The van der Waals surface area contributed by atoms with E-state index >= 15 is 0 Å². The SMILES string of the molecule is Cc1ccc2c(N3CCCCC3)c3ccccc3nc2c1. The molecule has 0 aliphatic carbocycles. The Labute approximate surface area is 125 Å². The number of anilines is 1. The van der Waals surface area contributed by atoms with Crippen molar-refractivity contribution in [2.24, 2.45) is 0 Å². The van der Waals surface area contributed by atoms with E-state index in [0.717, 1.165) is 24.1 Å². The lowest BCUT2D eigenvalue weighted by atomic mass is 10.0. The quantitative estimate of drug-likeness (QED) is 0.600. The number of hydrogen-bond acceptors (Lipinski definition) is 2. The Kier molecular flexibility index (Phi) is 3.03. The van der Waals surface area contributed by atoms with Gasteiger partial charge in [0, 0.05) is 23.9 Å². The lowest BCUT2D eigenvalue weighted by molar-refractivity contribution is 0.580. The van der Waals surface area contributed by atoms with Crippen molar-refractivity contribution in [2.75, 3.05) is 18.0 Å². The summed E-state index contributed by atoms with van der Waals surface area (Å²) >= 11 is 0. The minimum Gasteiger partial charge on any atom is -0.370 e. The summed E-state index contributed by atoms with van der Waals surface area (Å²) in [5, 5.41) is 2.58. The molecule has 0 amide bonds. The Morgan fingerprint density at radius 1 is 0.857 bits per heavy atom. The maximum absolute atomic E-state index is 4.87. The maximum atomic E-state index is 4.87. The molecule has 2 aromatic carbocycles. The van der Waals surface area contributed by atoms with E-state index < -0.39 is 0 Å². The van der Waals surface area contributed by atoms with E-state index in [1.54, 1.807) is 0 Å². The van der Waals surface area contributed by atoms with E-state index in [-0.39, 0.29) is 0 Å². The van der Waals surface area contributed by atoms with Gasteiger partial charge in [0.15, 0.2) is 0 Å². The lowest BCUT2D eigenvalue weighted by Gasteiger charge is -2.31. The second-order valence-corrected chi connectivity index (χ2v) is 6.05. The summed E-state index contributed by atoms with van der Waals surface area (Å²) in [6.45, 7) is 4.46. The Hall–Kier alpha value is -2.09. The van der Waals surface area contributed by atoms with Crippen LogP contribution in [0.4, 0.5) is 5.69 Å². The third-order valence-corrected chi connectivity index (χ3v) is 4.48. The monoisotopic (exact) mass is 276 g/mol. The Balaban J connectivity index is 2.06. The highest BCUT2D eigenvalue weighted by Crippen LogP contribution is 2.35. The lowest BCUT2D eigenvalue weighted by Crippen LogP contribution is -2.29. The zero-order chi connectivity index (χ0) is 14.2. The summed E-state index contributed by atoms with van der Waals surface area (Å²) < 4.78 is 0. The first-order valence-corrected chi connectivity index (χ1v) is 7.87. The summed E-state index contributed by atoms with van der Waals surface area (Å²) in [7, 11) is 0. The fraction of sp³-hybridized carbons (Fsp3) is 0.316. The molecule has 3 aromatic rings. The molecule has 1 fully saturated rings. The molecule has 106 valence electrons. The number of hydrogen-bond donors (Lipinski definition) is 0. The number of fused-ring (bicyclic) bond motifs is 2. The van der Waals surface area contributed by atoms with Gasteiger partial charge in [0.25, 0.3) is 0 Å². The number of piperidine rings is 1. The van der Waals surface area contributed by atoms with Crippen molar-refractivity contribution in [2.45, 2.75) is 26.2 Å². The molecule has 1 aliphatic rings. The number of aryl methyl sites for hydroxylation is 1. The Morgan fingerprint density at radius 3 is 2.48 bits per heavy atom. The molecule has 1 saturated heterocycles. The van der Waals surface area contributed by atoms with Crippen molar-refractivity contribution in [3.8, 4) is 0 Å². The topological polar surface area (TPSA) is 16.1 Å². The molecule has 0 spiro atoms. The van der Waals surface area contributed by atoms with Gasteiger partial charge in [0.2, 0.25) is 0 Å². The van der Waals surface area contributed by atoms with Crippen LogP contribution in [0.2, 0.25) is 0 Å². The molecule has 0 N–H and O–H groups in total. The summed E-state index contributed by atoms with van der Waals surface area (Å²) in [4.78, 5) is 7.43. The van der Waals surface area contributed by atoms with Gasteiger partial charge in [0.1, 0.15) is 0 Å². The highest BCUT2D eigenvalue weighted by atomic mass is 15.1. The van der Waals surface area contributed by atoms with Gasteiger partial charge in [0.05, 0.1) is 16.7 Å². The van der Waals surface area contributed by atoms with Crippen molar-refractivity contribution in [1.82, 2.24) is 4.98 Å². The average molecular weight is 276 g/mol. The zero-order valence-electron chi connectivity index (χ0n) is 12.5. The van der Waals surface area contributed by atoms with Crippen LogP contribution in [0.1, 0.15) is 24.8 Å². The molecule has 2 heterocycles. The van der Waals surface area contributed by atoms with Crippen LogP contribution in [0.5, 0.6) is 0 Å². The van der Waals surface area contributed by atoms with E-state index in [9.17, 15) is 0 Å². The molecule has 4 rings (SSSR count). The molecule has 1 aliphatic heterocycles. The van der Waals surface area contributed by atoms with E-state index in [0.29, 0.717) is 0 Å². The molecule has 0 unspecified atom stereocenters. The predicted molar refractivity (Wildman–Crippen MR) is 90.1 cm³/mol. The third-order valence-electron chi connectivity index (χ3n) is 4.48. The van der Waals surface area contributed by atoms with Crippen molar-refractivity contribution < 1.29 is 0 Å². The van der Waals surface area contributed by atoms with Crippen LogP contribution in [0.25, 0.3) is 21.8 Å². The molecule has 0 radical (unpaired) electrons. The smallest absolute Gasteiger partial charge is 0.0733 e. The highest BCUT2D eigenvalue weighted by Gasteiger charge is 2.17. The Morgan fingerprint density at radius 2 is 1.62 bits per heavy atom. The van der Waals surface area contributed by atoms with Crippen LogP contribution in [0, 0.1) is 6.92 Å². The van der Waals surface area contributed by atoms with Crippen LogP contribution >= 0.6 is 0 Å². The first-order chi connectivity index (χ1) is 10.3. The molecule has 0 saturated carbocycles. The van der Waals surface area contributed by atoms with Gasteiger partial charge < -0.3 is 4.90 Å². The molecular formula is C19H20N2. The van der Waals surface area contributed by atoms with Gasteiger partial charge >= 0.3 is 0 Å². The van der Waals surface area contributed by atoms with Crippen LogP contribution in [-0.4, -0.2) is 18.1 Å². The van der Waals surface area contributed by atoms with Crippen molar-refractivity contribution in [3.63, 3.8) is 0 Å². The number of aromatic nitrogens is 1. The van der Waals surface area contributed by atoms with Crippen molar-refractivity contribution >= 4 is 27.5 Å². The second kappa shape index (κ2) is 5.03. The fourth-order valence-electron chi connectivity index (χ4n) is 3.44. The zero-order valence-corrected chi connectivity index (χ0v) is 12.5. The number of para-hydroxylation sites is 1. The van der Waals surface area contributed by atoms with E-state index in [4.69, 9.17) is 4.98 Å². The maximum Gasteiger partial charge on any atom is 0.0733 e. The van der Waals surface area contributed by atoms with Gasteiger partial charge in [-0.05, 0) is 43.9 Å². The van der Waals surface area contributed by atoms with Gasteiger partial charge in [-0.3, -0.25) is 0 Å². The predicted octanol–water partition coefficient (Wildman–Crippen LogP) is 4.69. The van der Waals surface area contributed by atoms with E-state index in [1.807, 2.05) is 0 Å². The van der Waals surface area contributed by atoms with Crippen molar-refractivity contribution in [3.05, 3.63) is 48.0 Å². The number of rotatable bonds is 1. The highest BCUT2D eigenvalue weighted by molar-refractivity contribution is 6.08. The van der Waals surface area contributed by atoms with Gasteiger partial charge in [-0.25, -0.2) is 4.98 Å². The van der Waals surface area contributed by atoms with Crippen LogP contribution < -0.4 is 4.90 Å². The second-order valence-electron chi connectivity index (χ2n) is 6.05. The number of pyridine rings is 1. The van der Waals surface area contributed by atoms with Gasteiger partial charge in [-0.1, -0.05) is 30.3 Å².